The third-order valence-electron chi connectivity index (χ3n) is 1.44. The Bertz CT molecular complexity index is 291. The van der Waals surface area contributed by atoms with Gasteiger partial charge >= 0.3 is 0 Å². The van der Waals surface area contributed by atoms with E-state index in [1.54, 1.807) is 0 Å². The zero-order valence-electron chi connectivity index (χ0n) is 6.66. The van der Waals surface area contributed by atoms with E-state index in [2.05, 4.69) is 6.07 Å². The molecule has 0 saturated heterocycles. The largest absolute Gasteiger partial charge is 0.326 e. The third kappa shape index (κ3) is 2.57. The molecule has 1 aromatic rings. The minimum absolute atomic E-state index is 0.494. The molecule has 3 heteroatoms. The molecule has 2 nitrogen and oxygen atoms in total. The molecule has 0 unspecified atom stereocenters. The molecule has 0 spiro atoms. The first kappa shape index (κ1) is 9.11. The molecule has 0 bridgehead atoms. The molecule has 0 fully saturated rings. The van der Waals surface area contributed by atoms with Gasteiger partial charge in [-0.05, 0) is 17.7 Å². The fraction of sp³-hybridized carbons (Fsp3) is 0.222. The first-order valence-electron chi connectivity index (χ1n) is 3.65. The molecule has 0 aliphatic heterocycles. The summed E-state index contributed by atoms with van der Waals surface area (Å²) < 4.78 is 0. The maximum absolute atomic E-state index is 8.36. The molecule has 0 aliphatic carbocycles. The predicted molar refractivity (Wildman–Crippen MR) is 50.7 cm³/mol. The van der Waals surface area contributed by atoms with Gasteiger partial charge < -0.3 is 5.73 Å². The standard InChI is InChI=1S/C9H10N2S/c10-4-5-12-9-3-1-2-8(6-9)7-11/h1-3,6H,5,7,11H2. The summed E-state index contributed by atoms with van der Waals surface area (Å²) in [6.07, 6.45) is 0. The molecule has 1 rings (SSSR count). The van der Waals surface area contributed by atoms with Crippen molar-refractivity contribution in [2.75, 3.05) is 5.75 Å². The number of hydrogen-bond acceptors (Lipinski definition) is 3. The Labute approximate surface area is 76.4 Å². The monoisotopic (exact) mass is 178 g/mol. The number of nitrogens with two attached hydrogens (primary N) is 1. The minimum Gasteiger partial charge on any atom is -0.326 e. The van der Waals surface area contributed by atoms with Crippen LogP contribution in [0, 0.1) is 11.3 Å². The quantitative estimate of drug-likeness (QED) is 0.717. The van der Waals surface area contributed by atoms with Crippen molar-refractivity contribution >= 4 is 11.8 Å². The first-order valence-corrected chi connectivity index (χ1v) is 4.64. The van der Waals surface area contributed by atoms with Crippen LogP contribution in [0.3, 0.4) is 0 Å². The summed E-state index contributed by atoms with van der Waals surface area (Å²) in [5.74, 6) is 0.494. The Morgan fingerprint density at radius 1 is 1.50 bits per heavy atom. The zero-order valence-corrected chi connectivity index (χ0v) is 7.47. The Morgan fingerprint density at radius 2 is 2.33 bits per heavy atom. The van der Waals surface area contributed by atoms with Gasteiger partial charge in [-0.3, -0.25) is 0 Å². The van der Waals surface area contributed by atoms with Crippen LogP contribution in [-0.2, 0) is 6.54 Å². The lowest BCUT2D eigenvalue weighted by Crippen LogP contribution is -1.95. The van der Waals surface area contributed by atoms with Gasteiger partial charge in [-0.15, -0.1) is 11.8 Å². The summed E-state index contributed by atoms with van der Waals surface area (Å²) in [5, 5.41) is 8.36. The topological polar surface area (TPSA) is 49.8 Å². The van der Waals surface area contributed by atoms with Crippen LogP contribution >= 0.6 is 11.8 Å². The van der Waals surface area contributed by atoms with E-state index in [1.807, 2.05) is 24.3 Å². The van der Waals surface area contributed by atoms with Crippen molar-refractivity contribution in [2.45, 2.75) is 11.4 Å². The van der Waals surface area contributed by atoms with Crippen LogP contribution < -0.4 is 5.73 Å². The first-order chi connectivity index (χ1) is 5.86. The van der Waals surface area contributed by atoms with Gasteiger partial charge in [0.1, 0.15) is 0 Å². The van der Waals surface area contributed by atoms with Crippen LogP contribution in [-0.4, -0.2) is 5.75 Å². The summed E-state index contributed by atoms with van der Waals surface area (Å²) >= 11 is 1.53. The van der Waals surface area contributed by atoms with Gasteiger partial charge in [0.05, 0.1) is 11.8 Å². The second-order valence-corrected chi connectivity index (χ2v) is 3.35. The fourth-order valence-corrected chi connectivity index (χ4v) is 1.52. The van der Waals surface area contributed by atoms with Crippen molar-refractivity contribution in [3.63, 3.8) is 0 Å². The van der Waals surface area contributed by atoms with Gasteiger partial charge in [-0.25, -0.2) is 0 Å². The van der Waals surface area contributed by atoms with Gasteiger partial charge in [-0.1, -0.05) is 12.1 Å². The second-order valence-electron chi connectivity index (χ2n) is 2.30. The van der Waals surface area contributed by atoms with E-state index in [4.69, 9.17) is 11.0 Å². The molecule has 0 amide bonds. The number of nitriles is 1. The highest BCUT2D eigenvalue weighted by atomic mass is 32.2. The van der Waals surface area contributed by atoms with Crippen molar-refractivity contribution in [3.8, 4) is 6.07 Å². The van der Waals surface area contributed by atoms with E-state index < -0.39 is 0 Å². The molecular formula is C9H10N2S. The Morgan fingerprint density at radius 3 is 3.00 bits per heavy atom. The number of rotatable bonds is 3. The van der Waals surface area contributed by atoms with Crippen molar-refractivity contribution in [1.29, 1.82) is 5.26 Å². The van der Waals surface area contributed by atoms with Gasteiger partial charge in [0.15, 0.2) is 0 Å². The van der Waals surface area contributed by atoms with Crippen molar-refractivity contribution in [1.82, 2.24) is 0 Å². The molecule has 0 heterocycles. The highest BCUT2D eigenvalue weighted by molar-refractivity contribution is 7.99. The summed E-state index contributed by atoms with van der Waals surface area (Å²) in [7, 11) is 0. The van der Waals surface area contributed by atoms with Crippen molar-refractivity contribution < 1.29 is 0 Å². The van der Waals surface area contributed by atoms with E-state index in [-0.39, 0.29) is 0 Å². The molecule has 0 saturated carbocycles. The maximum atomic E-state index is 8.36. The SMILES string of the molecule is N#CCSc1cccc(CN)c1. The molecule has 0 radical (unpaired) electrons. The Kier molecular flexibility index (Phi) is 3.65. The molecule has 62 valence electrons. The van der Waals surface area contributed by atoms with E-state index in [9.17, 15) is 0 Å². The van der Waals surface area contributed by atoms with Crippen molar-refractivity contribution in [3.05, 3.63) is 29.8 Å². The molecular weight excluding hydrogens is 168 g/mol. The van der Waals surface area contributed by atoms with Gasteiger partial charge in [-0.2, -0.15) is 5.26 Å². The van der Waals surface area contributed by atoms with E-state index in [0.29, 0.717) is 12.3 Å². The Balaban J connectivity index is 2.67. The number of hydrogen-bond donors (Lipinski definition) is 1. The third-order valence-corrected chi connectivity index (χ3v) is 2.30. The van der Waals surface area contributed by atoms with Crippen LogP contribution in [0.25, 0.3) is 0 Å². The number of benzene rings is 1. The molecule has 1 aromatic carbocycles. The normalized spacial score (nSPS) is 9.33. The molecule has 0 aromatic heterocycles. The van der Waals surface area contributed by atoms with Crippen LogP contribution in [0.15, 0.2) is 29.2 Å². The van der Waals surface area contributed by atoms with E-state index in [0.717, 1.165) is 10.5 Å². The van der Waals surface area contributed by atoms with Crippen LogP contribution in [0.4, 0.5) is 0 Å². The fourth-order valence-electron chi connectivity index (χ4n) is 0.878. The molecule has 0 aliphatic rings. The summed E-state index contributed by atoms with van der Waals surface area (Å²) in [6.45, 7) is 0.557. The van der Waals surface area contributed by atoms with Crippen LogP contribution in [0.1, 0.15) is 5.56 Å². The average Bonchev–Trinajstić information content (AvgIpc) is 2.15. The lowest BCUT2D eigenvalue weighted by atomic mass is 10.2. The van der Waals surface area contributed by atoms with Gasteiger partial charge in [0.25, 0.3) is 0 Å². The molecule has 2 N–H and O–H groups in total. The number of nitrogens with zero attached hydrogens (tertiary/aromatic N) is 1. The molecule has 0 atom stereocenters. The average molecular weight is 178 g/mol. The summed E-state index contributed by atoms with van der Waals surface area (Å²) in [4.78, 5) is 1.11. The zero-order chi connectivity index (χ0) is 8.81. The summed E-state index contributed by atoms with van der Waals surface area (Å²) in [5.41, 5.74) is 6.58. The van der Waals surface area contributed by atoms with Crippen molar-refractivity contribution in [2.24, 2.45) is 5.73 Å². The van der Waals surface area contributed by atoms with Crippen LogP contribution in [0.5, 0.6) is 0 Å². The second kappa shape index (κ2) is 4.81. The predicted octanol–water partition coefficient (Wildman–Crippen LogP) is 1.76. The minimum atomic E-state index is 0.494. The highest BCUT2D eigenvalue weighted by Crippen LogP contribution is 2.17. The summed E-state index contributed by atoms with van der Waals surface area (Å²) in [6, 6.07) is 10.0. The lowest BCUT2D eigenvalue weighted by molar-refractivity contribution is 1.06. The number of thioether (sulfide) groups is 1. The van der Waals surface area contributed by atoms with Crippen LogP contribution in [0.2, 0.25) is 0 Å². The van der Waals surface area contributed by atoms with E-state index >= 15 is 0 Å². The maximum Gasteiger partial charge on any atom is 0.0855 e. The van der Waals surface area contributed by atoms with E-state index in [1.165, 1.54) is 11.8 Å². The smallest absolute Gasteiger partial charge is 0.0855 e. The van der Waals surface area contributed by atoms with Gasteiger partial charge in [0, 0.05) is 11.4 Å². The van der Waals surface area contributed by atoms with Gasteiger partial charge in [0.2, 0.25) is 0 Å². The highest BCUT2D eigenvalue weighted by Gasteiger charge is 1.93. The molecule has 12 heavy (non-hydrogen) atoms. The lowest BCUT2D eigenvalue weighted by Gasteiger charge is -1.99. The Hall–Kier alpha value is -0.980.